The van der Waals surface area contributed by atoms with Crippen LogP contribution in [0.25, 0.3) is 0 Å². The quantitative estimate of drug-likeness (QED) is 0.666. The van der Waals surface area contributed by atoms with Crippen molar-refractivity contribution in [3.63, 3.8) is 0 Å². The standard InChI is InChI=1S/C16H12F4N2O2/c17-12-7-6-11(16(18,19)20)8-13(12)22-15(24)14(23)21-9-10-4-2-1-3-5-10/h1-8H,9H2,(H,21,23)(H,22,24). The van der Waals surface area contributed by atoms with Gasteiger partial charge in [-0.2, -0.15) is 13.2 Å². The molecule has 8 heteroatoms. The summed E-state index contributed by atoms with van der Waals surface area (Å²) in [5.74, 6) is -3.42. The summed E-state index contributed by atoms with van der Waals surface area (Å²) in [4.78, 5) is 23.3. The largest absolute Gasteiger partial charge is 0.416 e. The van der Waals surface area contributed by atoms with Crippen LogP contribution < -0.4 is 10.6 Å². The molecule has 0 fully saturated rings. The molecule has 0 atom stereocenters. The molecule has 2 aromatic rings. The zero-order valence-electron chi connectivity index (χ0n) is 12.2. The molecule has 2 aromatic carbocycles. The van der Waals surface area contributed by atoms with Gasteiger partial charge in [0.1, 0.15) is 5.82 Å². The molecular formula is C16H12F4N2O2. The third-order valence-electron chi connectivity index (χ3n) is 3.04. The van der Waals surface area contributed by atoms with E-state index in [2.05, 4.69) is 5.32 Å². The number of amides is 2. The van der Waals surface area contributed by atoms with Gasteiger partial charge >= 0.3 is 18.0 Å². The maximum Gasteiger partial charge on any atom is 0.416 e. The molecular weight excluding hydrogens is 328 g/mol. The predicted octanol–water partition coefficient (Wildman–Crippen LogP) is 3.10. The first-order chi connectivity index (χ1) is 11.3. The average Bonchev–Trinajstić information content (AvgIpc) is 2.54. The van der Waals surface area contributed by atoms with Gasteiger partial charge in [-0.3, -0.25) is 9.59 Å². The minimum absolute atomic E-state index is 0.0537. The second-order valence-corrected chi connectivity index (χ2v) is 4.81. The smallest absolute Gasteiger partial charge is 0.344 e. The third kappa shape index (κ3) is 4.55. The van der Waals surface area contributed by atoms with E-state index in [0.717, 1.165) is 5.56 Å². The van der Waals surface area contributed by atoms with Gasteiger partial charge in [-0.05, 0) is 23.8 Å². The number of anilines is 1. The van der Waals surface area contributed by atoms with E-state index >= 15 is 0 Å². The molecule has 0 aromatic heterocycles. The van der Waals surface area contributed by atoms with Crippen LogP contribution in [-0.2, 0) is 22.3 Å². The molecule has 24 heavy (non-hydrogen) atoms. The molecule has 0 aliphatic rings. The van der Waals surface area contributed by atoms with E-state index in [1.54, 1.807) is 30.3 Å². The van der Waals surface area contributed by atoms with Crippen LogP contribution in [0.2, 0.25) is 0 Å². The van der Waals surface area contributed by atoms with Crippen molar-refractivity contribution >= 4 is 17.5 Å². The number of carbonyl (C=O) groups excluding carboxylic acids is 2. The van der Waals surface area contributed by atoms with Crippen molar-refractivity contribution in [2.45, 2.75) is 12.7 Å². The fourth-order valence-electron chi connectivity index (χ4n) is 1.83. The Morgan fingerprint density at radius 1 is 0.958 bits per heavy atom. The molecule has 0 saturated carbocycles. The summed E-state index contributed by atoms with van der Waals surface area (Å²) in [5.41, 5.74) is -1.13. The Morgan fingerprint density at radius 2 is 1.62 bits per heavy atom. The number of halogens is 4. The molecule has 0 bridgehead atoms. The van der Waals surface area contributed by atoms with Crippen molar-refractivity contribution < 1.29 is 27.2 Å². The average molecular weight is 340 g/mol. The highest BCUT2D eigenvalue weighted by molar-refractivity contribution is 6.39. The van der Waals surface area contributed by atoms with E-state index in [1.807, 2.05) is 5.32 Å². The maximum atomic E-state index is 13.5. The predicted molar refractivity (Wildman–Crippen MR) is 78.3 cm³/mol. The minimum atomic E-state index is -4.69. The molecule has 0 aliphatic carbocycles. The molecule has 0 spiro atoms. The van der Waals surface area contributed by atoms with E-state index in [1.165, 1.54) is 0 Å². The van der Waals surface area contributed by atoms with Gasteiger partial charge in [-0.25, -0.2) is 4.39 Å². The van der Waals surface area contributed by atoms with Crippen LogP contribution in [0.5, 0.6) is 0 Å². The first-order valence-electron chi connectivity index (χ1n) is 6.77. The molecule has 2 N–H and O–H groups in total. The Kier molecular flexibility index (Phi) is 5.18. The second kappa shape index (κ2) is 7.12. The van der Waals surface area contributed by atoms with Crippen LogP contribution in [0.3, 0.4) is 0 Å². The summed E-state index contributed by atoms with van der Waals surface area (Å²) >= 11 is 0. The SMILES string of the molecule is O=C(NCc1ccccc1)C(=O)Nc1cc(C(F)(F)F)ccc1F. The number of rotatable bonds is 3. The lowest BCUT2D eigenvalue weighted by Crippen LogP contribution is -2.35. The van der Waals surface area contributed by atoms with Crippen LogP contribution in [-0.4, -0.2) is 11.8 Å². The van der Waals surface area contributed by atoms with Gasteiger partial charge < -0.3 is 10.6 Å². The molecule has 4 nitrogen and oxygen atoms in total. The molecule has 0 unspecified atom stereocenters. The normalized spacial score (nSPS) is 11.0. The zero-order valence-corrected chi connectivity index (χ0v) is 12.2. The summed E-state index contributed by atoms with van der Waals surface area (Å²) in [6, 6.07) is 10.2. The summed E-state index contributed by atoms with van der Waals surface area (Å²) in [6.45, 7) is 0.0537. The topological polar surface area (TPSA) is 58.2 Å². The number of carbonyl (C=O) groups is 2. The lowest BCUT2D eigenvalue weighted by atomic mass is 10.2. The second-order valence-electron chi connectivity index (χ2n) is 4.81. The number of alkyl halides is 3. The molecule has 2 rings (SSSR count). The van der Waals surface area contributed by atoms with Crippen molar-refractivity contribution in [3.05, 3.63) is 65.5 Å². The van der Waals surface area contributed by atoms with Gasteiger partial charge in [-0.1, -0.05) is 30.3 Å². The van der Waals surface area contributed by atoms with Crippen molar-refractivity contribution in [2.24, 2.45) is 0 Å². The first kappa shape index (κ1) is 17.5. The molecule has 0 radical (unpaired) electrons. The van der Waals surface area contributed by atoms with Crippen molar-refractivity contribution in [1.82, 2.24) is 5.32 Å². The van der Waals surface area contributed by atoms with Gasteiger partial charge in [0.25, 0.3) is 0 Å². The van der Waals surface area contributed by atoms with Gasteiger partial charge in [0, 0.05) is 6.54 Å². The highest BCUT2D eigenvalue weighted by atomic mass is 19.4. The van der Waals surface area contributed by atoms with Crippen LogP contribution in [0.4, 0.5) is 23.2 Å². The Labute approximate surface area is 134 Å². The Balaban J connectivity index is 2.02. The van der Waals surface area contributed by atoms with Crippen molar-refractivity contribution in [3.8, 4) is 0 Å². The summed E-state index contributed by atoms with van der Waals surface area (Å²) < 4.78 is 51.3. The summed E-state index contributed by atoms with van der Waals surface area (Å²) in [6.07, 6.45) is -4.69. The molecule has 2 amide bonds. The van der Waals surface area contributed by atoms with Crippen LogP contribution in [0.15, 0.2) is 48.5 Å². The first-order valence-corrected chi connectivity index (χ1v) is 6.77. The Bertz CT molecular complexity index is 745. The molecule has 0 aliphatic heterocycles. The van der Waals surface area contributed by atoms with E-state index in [9.17, 15) is 27.2 Å². The lowest BCUT2D eigenvalue weighted by molar-refractivity contribution is -0.137. The lowest BCUT2D eigenvalue weighted by Gasteiger charge is -2.11. The van der Waals surface area contributed by atoms with Gasteiger partial charge in [0.05, 0.1) is 11.3 Å². The van der Waals surface area contributed by atoms with Crippen LogP contribution >= 0.6 is 0 Å². The third-order valence-corrected chi connectivity index (χ3v) is 3.04. The zero-order chi connectivity index (χ0) is 17.7. The highest BCUT2D eigenvalue weighted by Gasteiger charge is 2.31. The van der Waals surface area contributed by atoms with E-state index in [0.29, 0.717) is 18.2 Å². The van der Waals surface area contributed by atoms with Gasteiger partial charge in [-0.15, -0.1) is 0 Å². The molecule has 0 saturated heterocycles. The van der Waals surface area contributed by atoms with Crippen LogP contribution in [0, 0.1) is 5.82 Å². The molecule has 0 heterocycles. The van der Waals surface area contributed by atoms with Crippen molar-refractivity contribution in [1.29, 1.82) is 0 Å². The van der Waals surface area contributed by atoms with Crippen molar-refractivity contribution in [2.75, 3.05) is 5.32 Å². The molecule has 126 valence electrons. The Hall–Kier alpha value is -2.90. The summed E-state index contributed by atoms with van der Waals surface area (Å²) in [7, 11) is 0. The number of nitrogens with one attached hydrogen (secondary N) is 2. The summed E-state index contributed by atoms with van der Waals surface area (Å²) in [5, 5.41) is 4.12. The van der Waals surface area contributed by atoms with Gasteiger partial charge in [0.15, 0.2) is 0 Å². The highest BCUT2D eigenvalue weighted by Crippen LogP contribution is 2.31. The number of benzene rings is 2. The van der Waals surface area contributed by atoms with Gasteiger partial charge in [0.2, 0.25) is 0 Å². The fraction of sp³-hybridized carbons (Fsp3) is 0.125. The number of hydrogen-bond donors (Lipinski definition) is 2. The van der Waals surface area contributed by atoms with E-state index in [4.69, 9.17) is 0 Å². The number of hydrogen-bond acceptors (Lipinski definition) is 2. The van der Waals surface area contributed by atoms with E-state index in [-0.39, 0.29) is 6.54 Å². The maximum absolute atomic E-state index is 13.5. The van der Waals surface area contributed by atoms with E-state index < -0.39 is 35.1 Å². The van der Waals surface area contributed by atoms with Crippen LogP contribution in [0.1, 0.15) is 11.1 Å². The Morgan fingerprint density at radius 3 is 2.25 bits per heavy atom. The fourth-order valence-corrected chi connectivity index (χ4v) is 1.83. The minimum Gasteiger partial charge on any atom is -0.344 e. The monoisotopic (exact) mass is 340 g/mol.